The Morgan fingerprint density at radius 3 is 2.15 bits per heavy atom. The third-order valence-electron chi connectivity index (χ3n) is 9.20. The number of hydrogen-bond donors (Lipinski definition) is 2. The maximum atomic E-state index is 12.4. The van der Waals surface area contributed by atoms with Crippen LogP contribution < -0.4 is 74.6 Å². The fourth-order valence-corrected chi connectivity index (χ4v) is 11.0. The van der Waals surface area contributed by atoms with Crippen molar-refractivity contribution in [3.05, 3.63) is 72.2 Å². The molecule has 0 bridgehead atoms. The van der Waals surface area contributed by atoms with Crippen molar-refractivity contribution in [2.45, 2.75) is 75.1 Å². The zero-order valence-corrected chi connectivity index (χ0v) is 38.6. The number of piperidine rings is 1. The Morgan fingerprint density at radius 2 is 1.66 bits per heavy atom. The molecule has 18 heteroatoms. The van der Waals surface area contributed by atoms with Crippen LogP contribution in [0.25, 0.3) is 5.57 Å². The number of rotatable bonds is 11. The van der Waals surface area contributed by atoms with Crippen LogP contribution in [-0.4, -0.2) is 86.5 Å². The van der Waals surface area contributed by atoms with E-state index in [1.807, 2.05) is 0 Å². The van der Waals surface area contributed by atoms with Crippen molar-refractivity contribution in [1.29, 1.82) is 0 Å². The van der Waals surface area contributed by atoms with Crippen LogP contribution in [0.4, 0.5) is 0 Å². The molecule has 0 radical (unpaired) electrons. The van der Waals surface area contributed by atoms with Gasteiger partial charge in [0, 0.05) is 33.2 Å². The number of aliphatic carboxylic acids is 3. The number of fused-ring (bicyclic) bond motifs is 1. The monoisotopic (exact) mass is 839 g/mol. The van der Waals surface area contributed by atoms with Crippen LogP contribution in [0.3, 0.4) is 0 Å². The van der Waals surface area contributed by atoms with E-state index >= 15 is 0 Å². The Morgan fingerprint density at radius 1 is 1.04 bits per heavy atom. The van der Waals surface area contributed by atoms with Gasteiger partial charge in [0.05, 0.1) is 23.9 Å². The standard InChI is InChI=1S/C20H25NO2S2.C15H16N2O6S2.ClH.2Na/c1-14-7-11-24-18(14)17(19-15(2)8-12-25-19)6-4-10-21-9-3-5-16(13-21)20(22)23;1-15(2)9(14(22)23)17-11(19)8(12(17)25-15)16-10(18)7(13(20)21)6-3-4-24-5-6;;;/h6-8,11-12,16H,3-5,9-10,13H2,1-2H3,(H,22,23);3-5,7-9,12H,1-2H3,(H,16,18)(H,20,21)(H,22,23);1H;;/q;;;2*+1/p-2/t16-;7?,8-,9+,12-;;;/m11.../s1. The number of thiophene rings is 3. The van der Waals surface area contributed by atoms with E-state index in [1.165, 1.54) is 65.9 Å². The third-order valence-corrected chi connectivity index (χ3v) is 13.6. The predicted molar refractivity (Wildman–Crippen MR) is 199 cm³/mol. The molecule has 276 valence electrons. The summed E-state index contributed by atoms with van der Waals surface area (Å²) in [6.07, 6.45) is 5.11. The van der Waals surface area contributed by atoms with Crippen molar-refractivity contribution >= 4 is 93.5 Å². The van der Waals surface area contributed by atoms with E-state index in [2.05, 4.69) is 53.0 Å². The number of thioether (sulfide) groups is 1. The number of aryl methyl sites for hydroxylation is 2. The molecule has 3 fully saturated rings. The van der Waals surface area contributed by atoms with E-state index < -0.39 is 57.8 Å². The zero-order chi connectivity index (χ0) is 36.3. The number of halogens is 1. The first-order valence-electron chi connectivity index (χ1n) is 16.2. The van der Waals surface area contributed by atoms with Crippen LogP contribution in [0.15, 0.2) is 45.8 Å². The summed E-state index contributed by atoms with van der Waals surface area (Å²) in [5.41, 5.74) is 4.27. The molecule has 0 aromatic carbocycles. The van der Waals surface area contributed by atoms with Gasteiger partial charge in [-0.05, 0) is 110 Å². The third kappa shape index (κ3) is 11.0. The average molecular weight is 840 g/mol. The summed E-state index contributed by atoms with van der Waals surface area (Å²) in [5, 5.41) is 41.2. The van der Waals surface area contributed by atoms with Crippen molar-refractivity contribution in [2.24, 2.45) is 5.92 Å². The second kappa shape index (κ2) is 20.8. The summed E-state index contributed by atoms with van der Waals surface area (Å²) in [4.78, 5) is 64.8. The molecule has 1 unspecified atom stereocenters. The van der Waals surface area contributed by atoms with E-state index in [0.717, 1.165) is 32.4 Å². The Hall–Kier alpha value is -1.21. The first kappa shape index (κ1) is 47.9. The molecule has 0 saturated carbocycles. The topological polar surface area (TPSA) is 170 Å². The fourth-order valence-electron chi connectivity index (χ4n) is 6.63. The molecule has 3 aromatic heterocycles. The van der Waals surface area contributed by atoms with Gasteiger partial charge in [-0.3, -0.25) is 14.4 Å². The maximum absolute atomic E-state index is 12.4. The Balaban J connectivity index is 0.000000347. The van der Waals surface area contributed by atoms with Gasteiger partial charge in [-0.2, -0.15) is 11.3 Å². The second-order valence-electron chi connectivity index (χ2n) is 13.1. The minimum atomic E-state index is -1.56. The summed E-state index contributed by atoms with van der Waals surface area (Å²) in [6.45, 7) is 10.3. The molecule has 3 aliphatic heterocycles. The molecule has 3 saturated heterocycles. The molecule has 53 heavy (non-hydrogen) atoms. The molecular formula is C35H40ClN3Na2O8S4. The van der Waals surface area contributed by atoms with E-state index in [1.54, 1.807) is 41.9 Å². The van der Waals surface area contributed by atoms with Crippen LogP contribution in [0.2, 0.25) is 0 Å². The number of likely N-dealkylation sites (tertiary alicyclic amines) is 1. The predicted octanol–water partition coefficient (Wildman–Crippen LogP) is -2.65. The Bertz CT molecular complexity index is 1740. The quantitative estimate of drug-likeness (QED) is 0.118. The number of β-lactam (4-membered cyclic amide) rings is 1. The molecule has 3 aliphatic rings. The number of carbonyl (C=O) groups excluding carboxylic acids is 4. The Kier molecular flexibility index (Phi) is 18.8. The van der Waals surface area contributed by atoms with Gasteiger partial charge in [-0.25, -0.2) is 0 Å². The number of carboxylic acids is 3. The first-order chi connectivity index (χ1) is 23.7. The van der Waals surface area contributed by atoms with Crippen molar-refractivity contribution in [3.63, 3.8) is 0 Å². The smallest absolute Gasteiger partial charge is 0.549 e. The minimum Gasteiger partial charge on any atom is -0.549 e. The molecule has 0 aliphatic carbocycles. The van der Waals surface area contributed by atoms with Gasteiger partial charge in [0.25, 0.3) is 0 Å². The Labute approximate surface area is 376 Å². The molecule has 5 atom stereocenters. The van der Waals surface area contributed by atoms with Crippen LogP contribution in [0.5, 0.6) is 0 Å². The van der Waals surface area contributed by atoms with Crippen molar-refractivity contribution in [1.82, 2.24) is 15.1 Å². The molecule has 6 rings (SSSR count). The van der Waals surface area contributed by atoms with Gasteiger partial charge >= 0.3 is 65.1 Å². The molecule has 11 nitrogen and oxygen atoms in total. The number of nitrogens with zero attached hydrogens (tertiary/aromatic N) is 2. The largest absolute Gasteiger partial charge is 1.00 e. The number of hydrogen-bond acceptors (Lipinski definition) is 12. The van der Waals surface area contributed by atoms with Crippen molar-refractivity contribution in [3.8, 4) is 0 Å². The van der Waals surface area contributed by atoms with Gasteiger partial charge < -0.3 is 40.0 Å². The van der Waals surface area contributed by atoms with Gasteiger partial charge in [-0.15, -0.1) is 46.8 Å². The van der Waals surface area contributed by atoms with Gasteiger partial charge in [-0.1, -0.05) is 6.08 Å². The summed E-state index contributed by atoms with van der Waals surface area (Å²) in [7, 11) is 0. The van der Waals surface area contributed by atoms with E-state index in [0.29, 0.717) is 6.54 Å². The number of carboxylic acid groups (broad SMARTS) is 3. The van der Waals surface area contributed by atoms with E-state index in [9.17, 15) is 39.3 Å². The van der Waals surface area contributed by atoms with Crippen LogP contribution >= 0.6 is 58.2 Å². The van der Waals surface area contributed by atoms with Gasteiger partial charge in [0.15, 0.2) is 0 Å². The van der Waals surface area contributed by atoms with Crippen molar-refractivity contribution < 1.29 is 98.4 Å². The maximum Gasteiger partial charge on any atom is 1.00 e. The fraction of sp³-hybridized carbons (Fsp3) is 0.457. The van der Waals surface area contributed by atoms with Gasteiger partial charge in [0.1, 0.15) is 17.3 Å². The minimum absolute atomic E-state index is 0. The molecular weight excluding hydrogens is 800 g/mol. The van der Waals surface area contributed by atoms with Crippen LogP contribution in [0, 0.1) is 19.8 Å². The van der Waals surface area contributed by atoms with E-state index in [-0.39, 0.29) is 83.0 Å². The van der Waals surface area contributed by atoms with Gasteiger partial charge in [0.2, 0.25) is 11.8 Å². The summed E-state index contributed by atoms with van der Waals surface area (Å²) < 4.78 is -0.778. The number of carbonyl (C=O) groups is 5. The molecule has 3 aromatic rings. The first-order valence-corrected chi connectivity index (χ1v) is 19.8. The van der Waals surface area contributed by atoms with Crippen LogP contribution in [-0.2, 0) is 24.0 Å². The number of nitrogens with one attached hydrogen (secondary N) is 1. The second-order valence-corrected chi connectivity index (χ2v) is 17.5. The van der Waals surface area contributed by atoms with Crippen LogP contribution in [0.1, 0.15) is 65.5 Å². The molecule has 2 N–H and O–H groups in total. The summed E-state index contributed by atoms with van der Waals surface area (Å²) in [6, 6.07) is 3.79. The van der Waals surface area contributed by atoms with Crippen molar-refractivity contribution in [2.75, 3.05) is 19.6 Å². The normalized spacial score (nSPS) is 21.8. The van der Waals surface area contributed by atoms with E-state index in [4.69, 9.17) is 0 Å². The zero-order valence-electron chi connectivity index (χ0n) is 30.5. The number of amides is 2. The molecule has 2 amide bonds. The summed E-state index contributed by atoms with van der Waals surface area (Å²) >= 11 is 6.08. The molecule has 0 spiro atoms. The SMILES string of the molecule is CC1(C)S[C@@H]2[C@H](NC(=O)C(C(=O)[O-])c3ccsc3)C(=O)N2[C@H]1C(=O)[O-].Cc1ccsc1C(=CCCN1CCC[C@@H](C(=O)O)C1)c1sccc1C.Cl.[Na+].[Na+]. The average Bonchev–Trinajstić information content (AvgIpc) is 3.86. The molecule has 6 heterocycles. The summed E-state index contributed by atoms with van der Waals surface area (Å²) in [5.74, 6) is -6.71.